The van der Waals surface area contributed by atoms with Crippen LogP contribution in [-0.4, -0.2) is 35.9 Å². The van der Waals surface area contributed by atoms with E-state index in [1.54, 1.807) is 12.1 Å². The number of thioether (sulfide) groups is 1. The van der Waals surface area contributed by atoms with Gasteiger partial charge in [0.2, 0.25) is 5.91 Å². The molecule has 1 amide bonds. The maximum absolute atomic E-state index is 13.6. The Morgan fingerprint density at radius 2 is 2.11 bits per heavy atom. The Kier molecular flexibility index (Phi) is 4.36. The Morgan fingerprint density at radius 3 is 2.72 bits per heavy atom. The van der Waals surface area contributed by atoms with Crippen molar-refractivity contribution in [2.24, 2.45) is 0 Å². The summed E-state index contributed by atoms with van der Waals surface area (Å²) in [5.41, 5.74) is 0.308. The molecular formula is C13H14FNO2S. The monoisotopic (exact) mass is 267 g/mol. The summed E-state index contributed by atoms with van der Waals surface area (Å²) in [5.74, 6) is -0.146. The average Bonchev–Trinajstić information content (AvgIpc) is 2.90. The number of rotatable bonds is 4. The van der Waals surface area contributed by atoms with Crippen LogP contribution in [0, 0.1) is 5.82 Å². The van der Waals surface area contributed by atoms with Crippen molar-refractivity contribution in [1.29, 1.82) is 0 Å². The van der Waals surface area contributed by atoms with Gasteiger partial charge in [-0.15, -0.1) is 11.8 Å². The molecule has 0 atom stereocenters. The Bertz CT molecular complexity index is 458. The molecule has 0 saturated carbocycles. The average molecular weight is 267 g/mol. The summed E-state index contributed by atoms with van der Waals surface area (Å²) >= 11 is 1.18. The molecule has 1 aliphatic heterocycles. The van der Waals surface area contributed by atoms with E-state index in [0.29, 0.717) is 16.7 Å². The molecule has 3 nitrogen and oxygen atoms in total. The molecule has 2 rings (SSSR count). The summed E-state index contributed by atoms with van der Waals surface area (Å²) in [4.78, 5) is 24.5. The molecule has 1 saturated heterocycles. The van der Waals surface area contributed by atoms with Gasteiger partial charge >= 0.3 is 0 Å². The van der Waals surface area contributed by atoms with Crippen LogP contribution in [0.2, 0.25) is 0 Å². The van der Waals surface area contributed by atoms with Crippen LogP contribution in [0.4, 0.5) is 4.39 Å². The quantitative estimate of drug-likeness (QED) is 0.621. The van der Waals surface area contributed by atoms with E-state index in [1.807, 2.05) is 4.90 Å². The molecule has 0 bridgehead atoms. The fourth-order valence-corrected chi connectivity index (χ4v) is 2.73. The summed E-state index contributed by atoms with van der Waals surface area (Å²) < 4.78 is 13.6. The zero-order valence-corrected chi connectivity index (χ0v) is 10.7. The zero-order chi connectivity index (χ0) is 13.0. The lowest BCUT2D eigenvalue weighted by atomic mass is 10.2. The number of hydrogen-bond acceptors (Lipinski definition) is 3. The van der Waals surface area contributed by atoms with Crippen molar-refractivity contribution >= 4 is 24.0 Å². The minimum Gasteiger partial charge on any atom is -0.342 e. The minimum atomic E-state index is -0.446. The van der Waals surface area contributed by atoms with Gasteiger partial charge in [-0.2, -0.15) is 0 Å². The highest BCUT2D eigenvalue weighted by molar-refractivity contribution is 8.00. The predicted octanol–water partition coefficient (Wildman–Crippen LogP) is 2.35. The summed E-state index contributed by atoms with van der Waals surface area (Å²) in [7, 11) is 0. The van der Waals surface area contributed by atoms with Crippen LogP contribution < -0.4 is 0 Å². The molecule has 0 radical (unpaired) electrons. The van der Waals surface area contributed by atoms with Crippen molar-refractivity contribution < 1.29 is 14.0 Å². The topological polar surface area (TPSA) is 37.4 Å². The smallest absolute Gasteiger partial charge is 0.232 e. The Balaban J connectivity index is 1.93. The number of likely N-dealkylation sites (tertiary alicyclic amines) is 1. The van der Waals surface area contributed by atoms with Crippen LogP contribution in [0.1, 0.15) is 23.2 Å². The third-order valence-corrected chi connectivity index (χ3v) is 3.94. The van der Waals surface area contributed by atoms with Gasteiger partial charge in [0.25, 0.3) is 0 Å². The predicted molar refractivity (Wildman–Crippen MR) is 68.3 cm³/mol. The van der Waals surface area contributed by atoms with Crippen LogP contribution in [0.5, 0.6) is 0 Å². The minimum absolute atomic E-state index is 0.0522. The van der Waals surface area contributed by atoms with Crippen molar-refractivity contribution in [3.63, 3.8) is 0 Å². The maximum atomic E-state index is 13.6. The fourth-order valence-electron chi connectivity index (χ4n) is 1.90. The van der Waals surface area contributed by atoms with Gasteiger partial charge in [-0.05, 0) is 25.0 Å². The highest BCUT2D eigenvalue weighted by atomic mass is 32.2. The second-order valence-electron chi connectivity index (χ2n) is 4.18. The number of hydrogen-bond donors (Lipinski definition) is 0. The first-order valence-electron chi connectivity index (χ1n) is 5.86. The number of amides is 1. The lowest BCUT2D eigenvalue weighted by Gasteiger charge is -2.14. The molecule has 0 aromatic heterocycles. The van der Waals surface area contributed by atoms with E-state index in [0.717, 1.165) is 25.9 Å². The van der Waals surface area contributed by atoms with E-state index in [2.05, 4.69) is 0 Å². The van der Waals surface area contributed by atoms with Crippen LogP contribution in [0.3, 0.4) is 0 Å². The lowest BCUT2D eigenvalue weighted by Crippen LogP contribution is -2.29. The normalized spacial score (nSPS) is 14.8. The SMILES string of the molecule is O=Cc1ccc(SCC(=O)N2CCCC2)c(F)c1. The van der Waals surface area contributed by atoms with Gasteiger partial charge in [-0.1, -0.05) is 6.07 Å². The van der Waals surface area contributed by atoms with Gasteiger partial charge in [0.1, 0.15) is 12.1 Å². The van der Waals surface area contributed by atoms with Gasteiger partial charge in [0, 0.05) is 23.5 Å². The Labute approximate surface area is 109 Å². The zero-order valence-electron chi connectivity index (χ0n) is 9.89. The van der Waals surface area contributed by atoms with E-state index in [9.17, 15) is 14.0 Å². The number of nitrogens with zero attached hydrogens (tertiary/aromatic N) is 1. The second-order valence-corrected chi connectivity index (χ2v) is 5.20. The van der Waals surface area contributed by atoms with Crippen molar-refractivity contribution in [3.05, 3.63) is 29.6 Å². The van der Waals surface area contributed by atoms with Gasteiger partial charge < -0.3 is 4.90 Å². The first-order valence-corrected chi connectivity index (χ1v) is 6.84. The maximum Gasteiger partial charge on any atom is 0.232 e. The molecule has 1 aliphatic rings. The number of benzene rings is 1. The molecule has 18 heavy (non-hydrogen) atoms. The van der Waals surface area contributed by atoms with Crippen LogP contribution in [-0.2, 0) is 4.79 Å². The molecular weight excluding hydrogens is 253 g/mol. The van der Waals surface area contributed by atoms with E-state index in [1.165, 1.54) is 17.8 Å². The number of carbonyl (C=O) groups is 2. The molecule has 0 aliphatic carbocycles. The van der Waals surface area contributed by atoms with Crippen LogP contribution in [0.25, 0.3) is 0 Å². The molecule has 0 N–H and O–H groups in total. The highest BCUT2D eigenvalue weighted by Gasteiger charge is 2.18. The standard InChI is InChI=1S/C13H14FNO2S/c14-11-7-10(8-16)3-4-12(11)18-9-13(17)15-5-1-2-6-15/h3-4,7-8H,1-2,5-6,9H2. The second kappa shape index (κ2) is 6.00. The molecule has 1 fully saturated rings. The molecule has 1 aromatic carbocycles. The summed E-state index contributed by atoms with van der Waals surface area (Å²) in [6.45, 7) is 1.62. The first-order chi connectivity index (χ1) is 8.70. The van der Waals surface area contributed by atoms with Crippen molar-refractivity contribution in [2.75, 3.05) is 18.8 Å². The number of aldehydes is 1. The van der Waals surface area contributed by atoms with Gasteiger partial charge in [-0.3, -0.25) is 9.59 Å². The summed E-state index contributed by atoms with van der Waals surface area (Å²) in [6.07, 6.45) is 2.71. The van der Waals surface area contributed by atoms with Gasteiger partial charge in [0.15, 0.2) is 0 Å². The van der Waals surface area contributed by atoms with Crippen molar-refractivity contribution in [2.45, 2.75) is 17.7 Å². The molecule has 0 unspecified atom stereocenters. The van der Waals surface area contributed by atoms with Crippen LogP contribution >= 0.6 is 11.8 Å². The summed E-state index contributed by atoms with van der Waals surface area (Å²) in [6, 6.07) is 4.29. The fraction of sp³-hybridized carbons (Fsp3) is 0.385. The number of halogens is 1. The molecule has 96 valence electrons. The van der Waals surface area contributed by atoms with E-state index in [4.69, 9.17) is 0 Å². The molecule has 1 heterocycles. The first kappa shape index (κ1) is 13.1. The highest BCUT2D eigenvalue weighted by Crippen LogP contribution is 2.23. The lowest BCUT2D eigenvalue weighted by molar-refractivity contribution is -0.127. The van der Waals surface area contributed by atoms with Crippen molar-refractivity contribution in [1.82, 2.24) is 4.90 Å². The summed E-state index contributed by atoms with van der Waals surface area (Å²) in [5, 5.41) is 0. The number of carbonyl (C=O) groups excluding carboxylic acids is 2. The van der Waals surface area contributed by atoms with Crippen molar-refractivity contribution in [3.8, 4) is 0 Å². The molecule has 1 aromatic rings. The largest absolute Gasteiger partial charge is 0.342 e. The van der Waals surface area contributed by atoms with Crippen LogP contribution in [0.15, 0.2) is 23.1 Å². The Morgan fingerprint density at radius 1 is 1.39 bits per heavy atom. The van der Waals surface area contributed by atoms with Gasteiger partial charge in [-0.25, -0.2) is 4.39 Å². The third kappa shape index (κ3) is 3.10. The Hall–Kier alpha value is -1.36. The van der Waals surface area contributed by atoms with E-state index >= 15 is 0 Å². The van der Waals surface area contributed by atoms with E-state index in [-0.39, 0.29) is 11.7 Å². The molecule has 5 heteroatoms. The van der Waals surface area contributed by atoms with E-state index < -0.39 is 5.82 Å². The third-order valence-electron chi connectivity index (χ3n) is 2.90. The molecule has 0 spiro atoms. The van der Waals surface area contributed by atoms with Gasteiger partial charge in [0.05, 0.1) is 5.75 Å².